The molecule has 0 unspecified atom stereocenters. The van der Waals surface area contributed by atoms with E-state index in [-0.39, 0.29) is 58.9 Å². The molecule has 15 heteroatoms. The van der Waals surface area contributed by atoms with Gasteiger partial charge in [-0.1, -0.05) is 0 Å². The van der Waals surface area contributed by atoms with Crippen molar-refractivity contribution in [1.29, 1.82) is 0 Å². The Morgan fingerprint density at radius 2 is 1.06 bits per heavy atom. The predicted molar refractivity (Wildman–Crippen MR) is 101 cm³/mol. The molecule has 0 rings (SSSR count). The van der Waals surface area contributed by atoms with Gasteiger partial charge in [-0.25, -0.2) is 21.2 Å². The van der Waals surface area contributed by atoms with E-state index in [2.05, 4.69) is 10.6 Å². The Labute approximate surface area is 178 Å². The van der Waals surface area contributed by atoms with Gasteiger partial charge < -0.3 is 24.8 Å². The standard InChI is InChI=1S/C16H31N5O10/c1-2-17-15(25)18-16(9-29-6-3-12(22)19-26,10-30-7-4-13(23)20-27)11-31-8-5-14(24)21-28/h26-28H,2-11H2,1H3,(H,19,22)(H,20,23)(H,21,24)(H2,17,18,25). The summed E-state index contributed by atoms with van der Waals surface area (Å²) in [6.45, 7) is 1.22. The summed E-state index contributed by atoms with van der Waals surface area (Å²) in [5, 5.41) is 30.8. The average molecular weight is 453 g/mol. The largest absolute Gasteiger partial charge is 0.378 e. The Bertz CT molecular complexity index is 503. The first kappa shape index (κ1) is 28.4. The Kier molecular flexibility index (Phi) is 15.7. The third-order valence-corrected chi connectivity index (χ3v) is 3.65. The summed E-state index contributed by atoms with van der Waals surface area (Å²) in [6, 6.07) is -0.562. The fourth-order valence-corrected chi connectivity index (χ4v) is 2.14. The Hall–Kier alpha value is -2.56. The van der Waals surface area contributed by atoms with Crippen molar-refractivity contribution < 1.29 is 49.0 Å². The Morgan fingerprint density at radius 1 is 0.710 bits per heavy atom. The van der Waals surface area contributed by atoms with Gasteiger partial charge >= 0.3 is 6.03 Å². The van der Waals surface area contributed by atoms with Crippen molar-refractivity contribution >= 4 is 23.8 Å². The highest BCUT2D eigenvalue weighted by Crippen LogP contribution is 2.10. The molecule has 5 amide bonds. The maximum atomic E-state index is 12.1. The molecule has 0 saturated heterocycles. The molecule has 15 nitrogen and oxygen atoms in total. The van der Waals surface area contributed by atoms with E-state index in [1.807, 2.05) is 0 Å². The monoisotopic (exact) mass is 453 g/mol. The van der Waals surface area contributed by atoms with Crippen molar-refractivity contribution in [1.82, 2.24) is 27.1 Å². The molecule has 0 aliphatic rings. The zero-order valence-corrected chi connectivity index (χ0v) is 17.3. The summed E-state index contributed by atoms with van der Waals surface area (Å²) in [5.41, 5.74) is 3.11. The van der Waals surface area contributed by atoms with E-state index in [4.69, 9.17) is 29.8 Å². The number of hydroxylamine groups is 3. The molecule has 8 N–H and O–H groups in total. The number of urea groups is 1. The first-order chi connectivity index (χ1) is 14.8. The van der Waals surface area contributed by atoms with Gasteiger partial charge in [0.1, 0.15) is 5.54 Å². The van der Waals surface area contributed by atoms with E-state index in [9.17, 15) is 19.2 Å². The molecule has 0 aromatic rings. The number of carbonyl (C=O) groups excluding carboxylic acids is 4. The second kappa shape index (κ2) is 17.2. The van der Waals surface area contributed by atoms with Crippen LogP contribution in [0.5, 0.6) is 0 Å². The van der Waals surface area contributed by atoms with Gasteiger partial charge in [0.05, 0.1) is 58.9 Å². The van der Waals surface area contributed by atoms with Crippen molar-refractivity contribution in [2.24, 2.45) is 0 Å². The Balaban J connectivity index is 5.12. The highest BCUT2D eigenvalue weighted by atomic mass is 16.5. The van der Waals surface area contributed by atoms with E-state index in [1.165, 1.54) is 16.4 Å². The molecular weight excluding hydrogens is 422 g/mol. The van der Waals surface area contributed by atoms with Gasteiger partial charge in [-0.05, 0) is 6.92 Å². The second-order valence-corrected chi connectivity index (χ2v) is 6.28. The molecule has 0 radical (unpaired) electrons. The number of hydrogen-bond acceptors (Lipinski definition) is 10. The number of amides is 5. The minimum Gasteiger partial charge on any atom is -0.378 e. The number of nitrogens with one attached hydrogen (secondary N) is 5. The average Bonchev–Trinajstić information content (AvgIpc) is 2.76. The van der Waals surface area contributed by atoms with Gasteiger partial charge in [0.15, 0.2) is 0 Å². The van der Waals surface area contributed by atoms with Crippen LogP contribution >= 0.6 is 0 Å². The first-order valence-electron chi connectivity index (χ1n) is 9.40. The minimum absolute atomic E-state index is 0.0922. The van der Waals surface area contributed by atoms with Gasteiger partial charge in [-0.3, -0.25) is 30.0 Å². The molecule has 0 heterocycles. The fraction of sp³-hybridized carbons (Fsp3) is 0.750. The molecule has 0 bridgehead atoms. The topological polar surface area (TPSA) is 217 Å². The van der Waals surface area contributed by atoms with Crippen LogP contribution in [0.15, 0.2) is 0 Å². The number of hydrogen-bond donors (Lipinski definition) is 8. The molecule has 0 aliphatic carbocycles. The van der Waals surface area contributed by atoms with Gasteiger partial charge in [0, 0.05) is 6.54 Å². The lowest BCUT2D eigenvalue weighted by Crippen LogP contribution is -2.60. The molecule has 0 aromatic heterocycles. The molecule has 0 aliphatic heterocycles. The van der Waals surface area contributed by atoms with Gasteiger partial charge in [-0.2, -0.15) is 0 Å². The number of carbonyl (C=O) groups is 4. The molecule has 0 spiro atoms. The molecule has 0 saturated carbocycles. The van der Waals surface area contributed by atoms with Crippen LogP contribution in [0.3, 0.4) is 0 Å². The molecule has 0 atom stereocenters. The zero-order chi connectivity index (χ0) is 23.5. The lowest BCUT2D eigenvalue weighted by Gasteiger charge is -2.34. The van der Waals surface area contributed by atoms with E-state index >= 15 is 0 Å². The lowest BCUT2D eigenvalue weighted by atomic mass is 10.0. The quantitative estimate of drug-likeness (QED) is 0.0674. The zero-order valence-electron chi connectivity index (χ0n) is 17.3. The highest BCUT2D eigenvalue weighted by molar-refractivity contribution is 5.75. The maximum Gasteiger partial charge on any atom is 0.315 e. The second-order valence-electron chi connectivity index (χ2n) is 6.28. The van der Waals surface area contributed by atoms with Crippen molar-refractivity contribution in [2.45, 2.75) is 31.7 Å². The summed E-state index contributed by atoms with van der Waals surface area (Å²) in [4.78, 5) is 45.5. The first-order valence-corrected chi connectivity index (χ1v) is 9.40. The van der Waals surface area contributed by atoms with E-state index in [0.717, 1.165) is 0 Å². The molecule has 0 aromatic carbocycles. The van der Waals surface area contributed by atoms with Crippen LogP contribution in [-0.4, -0.2) is 91.1 Å². The highest BCUT2D eigenvalue weighted by Gasteiger charge is 2.34. The summed E-state index contributed by atoms with van der Waals surface area (Å²) in [6.07, 6.45) is -0.450. The normalized spacial score (nSPS) is 10.8. The maximum absolute atomic E-state index is 12.1. The van der Waals surface area contributed by atoms with Crippen LogP contribution in [-0.2, 0) is 28.6 Å². The van der Waals surface area contributed by atoms with Gasteiger partial charge in [0.2, 0.25) is 17.7 Å². The SMILES string of the molecule is CCNC(=O)NC(COCCC(=O)NO)(COCCC(=O)NO)COCCC(=O)NO. The van der Waals surface area contributed by atoms with Crippen molar-refractivity contribution in [2.75, 3.05) is 46.2 Å². The fourth-order valence-electron chi connectivity index (χ4n) is 2.14. The molecule has 0 fully saturated rings. The number of rotatable bonds is 17. The Morgan fingerprint density at radius 3 is 1.35 bits per heavy atom. The molecular formula is C16H31N5O10. The van der Waals surface area contributed by atoms with E-state index < -0.39 is 29.3 Å². The smallest absolute Gasteiger partial charge is 0.315 e. The third-order valence-electron chi connectivity index (χ3n) is 3.65. The summed E-state index contributed by atoms with van der Waals surface area (Å²) in [7, 11) is 0. The number of ether oxygens (including phenoxy) is 3. The van der Waals surface area contributed by atoms with Crippen molar-refractivity contribution in [3.8, 4) is 0 Å². The lowest BCUT2D eigenvalue weighted by molar-refractivity contribution is -0.130. The van der Waals surface area contributed by atoms with Crippen LogP contribution < -0.4 is 27.1 Å². The summed E-state index contributed by atoms with van der Waals surface area (Å²) < 4.78 is 16.3. The molecule has 180 valence electrons. The van der Waals surface area contributed by atoms with Crippen LogP contribution in [0.1, 0.15) is 26.2 Å². The third kappa shape index (κ3) is 14.1. The minimum atomic E-state index is -1.28. The van der Waals surface area contributed by atoms with Crippen LogP contribution in [0.2, 0.25) is 0 Å². The van der Waals surface area contributed by atoms with Gasteiger partial charge in [0.25, 0.3) is 0 Å². The molecule has 31 heavy (non-hydrogen) atoms. The predicted octanol–water partition coefficient (Wildman–Crippen LogP) is -2.22. The van der Waals surface area contributed by atoms with Gasteiger partial charge in [-0.15, -0.1) is 0 Å². The van der Waals surface area contributed by atoms with Crippen LogP contribution in [0.4, 0.5) is 4.79 Å². The van der Waals surface area contributed by atoms with Crippen LogP contribution in [0.25, 0.3) is 0 Å². The van der Waals surface area contributed by atoms with E-state index in [0.29, 0.717) is 6.54 Å². The van der Waals surface area contributed by atoms with Crippen molar-refractivity contribution in [3.05, 3.63) is 0 Å². The van der Waals surface area contributed by atoms with Crippen LogP contribution in [0, 0.1) is 0 Å². The van der Waals surface area contributed by atoms with Crippen molar-refractivity contribution in [3.63, 3.8) is 0 Å². The summed E-state index contributed by atoms with van der Waals surface area (Å²) in [5.74, 6) is -2.00. The van der Waals surface area contributed by atoms with E-state index in [1.54, 1.807) is 6.92 Å². The summed E-state index contributed by atoms with van der Waals surface area (Å²) >= 11 is 0.